The average molecular weight is 322 g/mol. The summed E-state index contributed by atoms with van der Waals surface area (Å²) in [4.78, 5) is 11.9. The van der Waals surface area contributed by atoms with E-state index in [1.165, 1.54) is 19.2 Å². The molecule has 0 radical (unpaired) electrons. The zero-order valence-electron chi connectivity index (χ0n) is 10.5. The number of aromatic nitrogens is 2. The number of anilines is 1. The van der Waals surface area contributed by atoms with Crippen molar-refractivity contribution in [2.75, 3.05) is 5.32 Å². The van der Waals surface area contributed by atoms with Crippen molar-refractivity contribution in [3.05, 3.63) is 46.4 Å². The highest BCUT2D eigenvalue weighted by Crippen LogP contribution is 2.37. The Kier molecular flexibility index (Phi) is 3.91. The second-order valence-electron chi connectivity index (χ2n) is 4.09. The molecule has 0 atom stereocenters. The van der Waals surface area contributed by atoms with Crippen LogP contribution in [0.5, 0.6) is 0 Å². The van der Waals surface area contributed by atoms with Gasteiger partial charge in [0.05, 0.1) is 0 Å². The van der Waals surface area contributed by atoms with E-state index >= 15 is 0 Å². The lowest BCUT2D eigenvalue weighted by molar-refractivity contribution is -0.141. The van der Waals surface area contributed by atoms with Crippen molar-refractivity contribution >= 4 is 23.3 Å². The summed E-state index contributed by atoms with van der Waals surface area (Å²) >= 11 is 5.59. The van der Waals surface area contributed by atoms with Gasteiger partial charge >= 0.3 is 6.18 Å². The largest absolute Gasteiger partial charge is 0.436 e. The van der Waals surface area contributed by atoms with E-state index in [0.29, 0.717) is 0 Å². The van der Waals surface area contributed by atoms with Gasteiger partial charge in [-0.25, -0.2) is 4.39 Å². The molecule has 0 saturated carbocycles. The highest BCUT2D eigenvalue weighted by atomic mass is 35.5. The van der Waals surface area contributed by atoms with Crippen molar-refractivity contribution in [2.45, 2.75) is 6.18 Å². The molecule has 2 aromatic rings. The molecule has 4 nitrogen and oxygen atoms in total. The first-order valence-electron chi connectivity index (χ1n) is 5.56. The summed E-state index contributed by atoms with van der Waals surface area (Å²) in [6.45, 7) is 0. The molecule has 0 bridgehead atoms. The Labute approximate surface area is 121 Å². The number of rotatable bonds is 2. The van der Waals surface area contributed by atoms with Gasteiger partial charge in [0.15, 0.2) is 11.5 Å². The van der Waals surface area contributed by atoms with Crippen LogP contribution in [-0.2, 0) is 13.2 Å². The Morgan fingerprint density at radius 3 is 2.33 bits per heavy atom. The molecule has 0 saturated heterocycles. The summed E-state index contributed by atoms with van der Waals surface area (Å²) in [5.74, 6) is -1.56. The van der Waals surface area contributed by atoms with Gasteiger partial charge < -0.3 is 5.32 Å². The van der Waals surface area contributed by atoms with E-state index in [-0.39, 0.29) is 11.4 Å². The highest BCUT2D eigenvalue weighted by Gasteiger charge is 2.38. The molecule has 0 fully saturated rings. The second-order valence-corrected chi connectivity index (χ2v) is 4.47. The lowest BCUT2D eigenvalue weighted by Crippen LogP contribution is -2.14. The fraction of sp³-hybridized carbons (Fsp3) is 0.167. The van der Waals surface area contributed by atoms with Crippen molar-refractivity contribution in [3.8, 4) is 0 Å². The van der Waals surface area contributed by atoms with E-state index in [2.05, 4.69) is 10.4 Å². The van der Waals surface area contributed by atoms with Crippen LogP contribution < -0.4 is 5.32 Å². The zero-order valence-corrected chi connectivity index (χ0v) is 11.3. The van der Waals surface area contributed by atoms with Crippen LogP contribution in [0.2, 0.25) is 5.02 Å². The predicted octanol–water partition coefficient (Wildman–Crippen LogP) is 3.48. The van der Waals surface area contributed by atoms with Crippen LogP contribution >= 0.6 is 11.6 Å². The molecule has 0 spiro atoms. The average Bonchev–Trinajstić information content (AvgIpc) is 2.67. The smallest absolute Gasteiger partial charge is 0.306 e. The second kappa shape index (κ2) is 5.36. The predicted molar refractivity (Wildman–Crippen MR) is 67.6 cm³/mol. The quantitative estimate of drug-likeness (QED) is 0.861. The van der Waals surface area contributed by atoms with Crippen LogP contribution in [0, 0.1) is 5.82 Å². The molecule has 0 aliphatic rings. The highest BCUT2D eigenvalue weighted by molar-refractivity contribution is 6.34. The van der Waals surface area contributed by atoms with Crippen molar-refractivity contribution in [1.82, 2.24) is 9.78 Å². The molecule has 1 aromatic carbocycles. The summed E-state index contributed by atoms with van der Waals surface area (Å²) in [6, 6.07) is 4.50. The summed E-state index contributed by atoms with van der Waals surface area (Å²) in [5.41, 5.74) is -1.22. The van der Waals surface area contributed by atoms with Gasteiger partial charge in [-0.05, 0) is 24.3 Å². The Morgan fingerprint density at radius 1 is 1.29 bits per heavy atom. The fourth-order valence-corrected chi connectivity index (χ4v) is 1.91. The van der Waals surface area contributed by atoms with E-state index in [9.17, 15) is 22.4 Å². The van der Waals surface area contributed by atoms with Crippen molar-refractivity contribution in [2.24, 2.45) is 7.05 Å². The molecular weight excluding hydrogens is 314 g/mol. The van der Waals surface area contributed by atoms with Crippen LogP contribution in [0.3, 0.4) is 0 Å². The fourth-order valence-electron chi connectivity index (χ4n) is 1.60. The van der Waals surface area contributed by atoms with Crippen molar-refractivity contribution in [3.63, 3.8) is 0 Å². The molecule has 1 amide bonds. The minimum atomic E-state index is -4.73. The first-order valence-corrected chi connectivity index (χ1v) is 5.94. The van der Waals surface area contributed by atoms with Gasteiger partial charge in [0.25, 0.3) is 5.91 Å². The van der Waals surface area contributed by atoms with Gasteiger partial charge in [0.1, 0.15) is 10.8 Å². The minimum Gasteiger partial charge on any atom is -0.306 e. The molecule has 1 N–H and O–H groups in total. The third-order valence-electron chi connectivity index (χ3n) is 2.60. The number of halogens is 5. The lowest BCUT2D eigenvalue weighted by atomic mass is 10.2. The number of alkyl halides is 3. The Balaban J connectivity index is 2.30. The van der Waals surface area contributed by atoms with Crippen LogP contribution in [-0.4, -0.2) is 15.7 Å². The number of hydrogen-bond acceptors (Lipinski definition) is 2. The number of aryl methyl sites for hydroxylation is 1. The van der Waals surface area contributed by atoms with E-state index < -0.39 is 28.6 Å². The normalized spacial score (nSPS) is 11.5. The number of nitrogens with zero attached hydrogens (tertiary/aromatic N) is 2. The first-order chi connectivity index (χ1) is 9.70. The Morgan fingerprint density at radius 2 is 1.86 bits per heavy atom. The number of hydrogen-bond donors (Lipinski definition) is 1. The Bertz CT molecular complexity index is 679. The third-order valence-corrected chi connectivity index (χ3v) is 2.95. The van der Waals surface area contributed by atoms with E-state index in [1.54, 1.807) is 0 Å². The van der Waals surface area contributed by atoms with E-state index in [4.69, 9.17) is 11.6 Å². The van der Waals surface area contributed by atoms with Crippen LogP contribution in [0.4, 0.5) is 23.4 Å². The van der Waals surface area contributed by atoms with Gasteiger partial charge in [-0.3, -0.25) is 9.48 Å². The van der Waals surface area contributed by atoms with E-state index in [1.807, 2.05) is 0 Å². The molecule has 21 heavy (non-hydrogen) atoms. The van der Waals surface area contributed by atoms with Gasteiger partial charge in [-0.15, -0.1) is 0 Å². The van der Waals surface area contributed by atoms with Gasteiger partial charge in [-0.2, -0.15) is 18.3 Å². The molecule has 2 rings (SSSR count). The maximum atomic E-state index is 12.7. The van der Waals surface area contributed by atoms with Gasteiger partial charge in [0, 0.05) is 12.6 Å². The first kappa shape index (κ1) is 15.3. The summed E-state index contributed by atoms with van der Waals surface area (Å²) in [7, 11) is 1.21. The van der Waals surface area contributed by atoms with E-state index in [0.717, 1.165) is 16.8 Å². The minimum absolute atomic E-state index is 0.0715. The molecule has 112 valence electrons. The molecule has 0 unspecified atom stereocenters. The molecule has 0 aliphatic heterocycles. The molecule has 9 heteroatoms. The number of carbonyl (C=O) groups is 1. The Hall–Kier alpha value is -2.09. The summed E-state index contributed by atoms with van der Waals surface area (Å²) in [5, 5.41) is 4.73. The number of carbonyl (C=O) groups excluding carboxylic acids is 1. The monoisotopic (exact) mass is 321 g/mol. The number of nitrogens with one attached hydrogen (secondary N) is 1. The lowest BCUT2D eigenvalue weighted by Gasteiger charge is -2.06. The van der Waals surface area contributed by atoms with Crippen LogP contribution in [0.15, 0.2) is 24.3 Å². The third kappa shape index (κ3) is 3.15. The zero-order chi connectivity index (χ0) is 15.8. The molecule has 1 aromatic heterocycles. The molecular formula is C12H8ClF4N3O. The maximum absolute atomic E-state index is 12.7. The van der Waals surface area contributed by atoms with Gasteiger partial charge in [0.2, 0.25) is 0 Å². The standard InChI is InChI=1S/C12H8ClF4N3O/c1-20-10(8(13)9(19-20)12(15,16)17)18-11(21)6-2-4-7(14)5-3-6/h2-5H,1H3,(H,18,21). The summed E-state index contributed by atoms with van der Waals surface area (Å²) in [6.07, 6.45) is -4.73. The number of benzene rings is 1. The summed E-state index contributed by atoms with van der Waals surface area (Å²) < 4.78 is 51.5. The van der Waals surface area contributed by atoms with Crippen molar-refractivity contribution < 1.29 is 22.4 Å². The molecule has 0 aliphatic carbocycles. The molecule has 1 heterocycles. The SMILES string of the molecule is Cn1nc(C(F)(F)F)c(Cl)c1NC(=O)c1ccc(F)cc1. The van der Waals surface area contributed by atoms with Crippen molar-refractivity contribution in [1.29, 1.82) is 0 Å². The van der Waals surface area contributed by atoms with Crippen LogP contribution in [0.25, 0.3) is 0 Å². The maximum Gasteiger partial charge on any atom is 0.436 e. The van der Waals surface area contributed by atoms with Crippen LogP contribution in [0.1, 0.15) is 16.1 Å². The van der Waals surface area contributed by atoms with Gasteiger partial charge in [-0.1, -0.05) is 11.6 Å². The topological polar surface area (TPSA) is 46.9 Å². The number of amides is 1.